The van der Waals surface area contributed by atoms with E-state index in [0.717, 1.165) is 39.1 Å². The third kappa shape index (κ3) is 2.32. The van der Waals surface area contributed by atoms with E-state index in [1.165, 1.54) is 0 Å². The van der Waals surface area contributed by atoms with Crippen molar-refractivity contribution < 1.29 is 4.79 Å². The van der Waals surface area contributed by atoms with Crippen molar-refractivity contribution in [3.63, 3.8) is 0 Å². The van der Waals surface area contributed by atoms with Crippen molar-refractivity contribution in [2.45, 2.75) is 19.4 Å². The van der Waals surface area contributed by atoms with Gasteiger partial charge in [0.25, 0.3) is 0 Å². The number of carbonyl (C=O) groups excluding carboxylic acids is 1. The van der Waals surface area contributed by atoms with E-state index in [1.807, 2.05) is 4.90 Å². The Balaban J connectivity index is 1.90. The van der Waals surface area contributed by atoms with Gasteiger partial charge in [-0.05, 0) is 26.9 Å². The molecule has 2 atom stereocenters. The molecule has 0 radical (unpaired) electrons. The number of piperazine rings is 1. The molecule has 0 aliphatic carbocycles. The van der Waals surface area contributed by atoms with Gasteiger partial charge in [0.05, 0.1) is 5.92 Å². The van der Waals surface area contributed by atoms with E-state index in [-0.39, 0.29) is 5.92 Å². The van der Waals surface area contributed by atoms with Gasteiger partial charge in [-0.1, -0.05) is 0 Å². The summed E-state index contributed by atoms with van der Waals surface area (Å²) in [4.78, 5) is 16.5. The van der Waals surface area contributed by atoms with Crippen molar-refractivity contribution in [1.82, 2.24) is 15.1 Å². The van der Waals surface area contributed by atoms with Crippen LogP contribution in [-0.4, -0.2) is 61.5 Å². The summed E-state index contributed by atoms with van der Waals surface area (Å²) in [5.41, 5.74) is 0. The van der Waals surface area contributed by atoms with Gasteiger partial charge in [0.2, 0.25) is 5.91 Å². The third-order valence-electron chi connectivity index (χ3n) is 3.66. The normalized spacial score (nSPS) is 33.3. The lowest BCUT2D eigenvalue weighted by Crippen LogP contribution is -2.50. The van der Waals surface area contributed by atoms with E-state index in [1.54, 1.807) is 0 Å². The summed E-state index contributed by atoms with van der Waals surface area (Å²) in [6, 6.07) is 0.358. The van der Waals surface area contributed by atoms with Crippen molar-refractivity contribution in [2.24, 2.45) is 5.92 Å². The first kappa shape index (κ1) is 10.9. The van der Waals surface area contributed by atoms with E-state index in [2.05, 4.69) is 24.2 Å². The minimum absolute atomic E-state index is 0.216. The molecule has 0 saturated carbocycles. The van der Waals surface area contributed by atoms with E-state index < -0.39 is 0 Å². The van der Waals surface area contributed by atoms with Crippen LogP contribution < -0.4 is 5.32 Å². The molecule has 4 heteroatoms. The second-order valence-corrected chi connectivity index (χ2v) is 4.77. The van der Waals surface area contributed by atoms with E-state index in [9.17, 15) is 4.79 Å². The standard InChI is InChI=1S/C11H21N3O/c1-9-10(3-4-12-9)11(15)14-7-5-13(2)6-8-14/h9-10,12H,3-8H2,1-2H3. The highest BCUT2D eigenvalue weighted by atomic mass is 16.2. The zero-order chi connectivity index (χ0) is 10.8. The topological polar surface area (TPSA) is 35.6 Å². The summed E-state index contributed by atoms with van der Waals surface area (Å²) in [5, 5.41) is 3.34. The average Bonchev–Trinajstić information content (AvgIpc) is 2.65. The number of hydrogen-bond acceptors (Lipinski definition) is 3. The highest BCUT2D eigenvalue weighted by Crippen LogP contribution is 2.18. The molecule has 86 valence electrons. The Hall–Kier alpha value is -0.610. The summed E-state index contributed by atoms with van der Waals surface area (Å²) >= 11 is 0. The highest BCUT2D eigenvalue weighted by Gasteiger charge is 2.33. The molecule has 4 nitrogen and oxygen atoms in total. The monoisotopic (exact) mass is 211 g/mol. The summed E-state index contributed by atoms with van der Waals surface area (Å²) < 4.78 is 0. The minimum Gasteiger partial charge on any atom is -0.340 e. The lowest BCUT2D eigenvalue weighted by atomic mass is 10.00. The van der Waals surface area contributed by atoms with Crippen LogP contribution in [0.3, 0.4) is 0 Å². The molecule has 2 unspecified atom stereocenters. The van der Waals surface area contributed by atoms with Gasteiger partial charge in [0, 0.05) is 32.2 Å². The lowest BCUT2D eigenvalue weighted by Gasteiger charge is -2.34. The van der Waals surface area contributed by atoms with Gasteiger partial charge < -0.3 is 15.1 Å². The van der Waals surface area contributed by atoms with Crippen molar-refractivity contribution in [2.75, 3.05) is 39.8 Å². The van der Waals surface area contributed by atoms with E-state index >= 15 is 0 Å². The fourth-order valence-corrected chi connectivity index (χ4v) is 2.46. The summed E-state index contributed by atoms with van der Waals surface area (Å²) in [6.45, 7) is 6.94. The van der Waals surface area contributed by atoms with Crippen LogP contribution in [0.2, 0.25) is 0 Å². The maximum atomic E-state index is 12.2. The second kappa shape index (κ2) is 4.49. The van der Waals surface area contributed by atoms with Gasteiger partial charge in [-0.15, -0.1) is 0 Å². The molecule has 2 heterocycles. The molecule has 0 bridgehead atoms. The smallest absolute Gasteiger partial charge is 0.227 e. The van der Waals surface area contributed by atoms with Crippen molar-refractivity contribution in [3.8, 4) is 0 Å². The Kier molecular flexibility index (Phi) is 3.26. The van der Waals surface area contributed by atoms with Crippen LogP contribution >= 0.6 is 0 Å². The molecule has 1 amide bonds. The molecular weight excluding hydrogens is 190 g/mol. The molecule has 0 aromatic rings. The van der Waals surface area contributed by atoms with Crippen LogP contribution in [-0.2, 0) is 4.79 Å². The number of amides is 1. The molecule has 0 aromatic heterocycles. The molecule has 2 rings (SSSR count). The van der Waals surface area contributed by atoms with Crippen LogP contribution in [0.15, 0.2) is 0 Å². The molecule has 0 aromatic carbocycles. The van der Waals surface area contributed by atoms with Gasteiger partial charge >= 0.3 is 0 Å². The van der Waals surface area contributed by atoms with Gasteiger partial charge in [0.15, 0.2) is 0 Å². The maximum Gasteiger partial charge on any atom is 0.227 e. The minimum atomic E-state index is 0.216. The number of rotatable bonds is 1. The fourth-order valence-electron chi connectivity index (χ4n) is 2.46. The predicted molar refractivity (Wildman–Crippen MR) is 59.6 cm³/mol. The number of nitrogens with zero attached hydrogens (tertiary/aromatic N) is 2. The van der Waals surface area contributed by atoms with Crippen LogP contribution in [0, 0.1) is 5.92 Å². The Morgan fingerprint density at radius 2 is 1.93 bits per heavy atom. The average molecular weight is 211 g/mol. The molecule has 15 heavy (non-hydrogen) atoms. The fraction of sp³-hybridized carbons (Fsp3) is 0.909. The number of nitrogens with one attached hydrogen (secondary N) is 1. The third-order valence-corrected chi connectivity index (χ3v) is 3.66. The zero-order valence-corrected chi connectivity index (χ0v) is 9.70. The second-order valence-electron chi connectivity index (χ2n) is 4.77. The molecule has 2 aliphatic rings. The van der Waals surface area contributed by atoms with E-state index in [0.29, 0.717) is 11.9 Å². The SMILES string of the molecule is CC1NCCC1C(=O)N1CCN(C)CC1. The highest BCUT2D eigenvalue weighted by molar-refractivity contribution is 5.80. The Morgan fingerprint density at radius 3 is 2.47 bits per heavy atom. The maximum absolute atomic E-state index is 12.2. The number of carbonyl (C=O) groups is 1. The van der Waals surface area contributed by atoms with Crippen molar-refractivity contribution in [1.29, 1.82) is 0 Å². The number of hydrogen-bond donors (Lipinski definition) is 1. The largest absolute Gasteiger partial charge is 0.340 e. The molecule has 0 spiro atoms. The zero-order valence-electron chi connectivity index (χ0n) is 9.70. The summed E-state index contributed by atoms with van der Waals surface area (Å²) in [5.74, 6) is 0.578. The van der Waals surface area contributed by atoms with Crippen LogP contribution in [0.1, 0.15) is 13.3 Å². The van der Waals surface area contributed by atoms with Gasteiger partial charge in [-0.2, -0.15) is 0 Å². The Labute approximate surface area is 91.6 Å². The molecule has 2 aliphatic heterocycles. The molecule has 2 fully saturated rings. The lowest BCUT2D eigenvalue weighted by molar-refractivity contribution is -0.137. The summed E-state index contributed by atoms with van der Waals surface area (Å²) in [6.07, 6.45) is 1.01. The van der Waals surface area contributed by atoms with Crippen LogP contribution in [0.5, 0.6) is 0 Å². The molecule has 2 saturated heterocycles. The van der Waals surface area contributed by atoms with Crippen LogP contribution in [0.4, 0.5) is 0 Å². The van der Waals surface area contributed by atoms with Gasteiger partial charge in [0.1, 0.15) is 0 Å². The molecular formula is C11H21N3O. The first-order valence-electron chi connectivity index (χ1n) is 5.89. The van der Waals surface area contributed by atoms with Crippen molar-refractivity contribution in [3.05, 3.63) is 0 Å². The Bertz CT molecular complexity index is 236. The van der Waals surface area contributed by atoms with E-state index in [4.69, 9.17) is 0 Å². The van der Waals surface area contributed by atoms with Gasteiger partial charge in [-0.3, -0.25) is 4.79 Å². The Morgan fingerprint density at radius 1 is 1.27 bits per heavy atom. The first-order chi connectivity index (χ1) is 7.18. The van der Waals surface area contributed by atoms with Crippen LogP contribution in [0.25, 0.3) is 0 Å². The predicted octanol–water partition coefficient (Wildman–Crippen LogP) is -0.242. The summed E-state index contributed by atoms with van der Waals surface area (Å²) in [7, 11) is 2.11. The van der Waals surface area contributed by atoms with Crippen molar-refractivity contribution >= 4 is 5.91 Å². The number of likely N-dealkylation sites (N-methyl/N-ethyl adjacent to an activating group) is 1. The van der Waals surface area contributed by atoms with Gasteiger partial charge in [-0.25, -0.2) is 0 Å². The first-order valence-corrected chi connectivity index (χ1v) is 5.89. The molecule has 1 N–H and O–H groups in total. The quantitative estimate of drug-likeness (QED) is 0.650.